The van der Waals surface area contributed by atoms with Crippen molar-refractivity contribution in [3.05, 3.63) is 89.7 Å². The van der Waals surface area contributed by atoms with Gasteiger partial charge >= 0.3 is 0 Å². The first-order valence-corrected chi connectivity index (χ1v) is 9.18. The van der Waals surface area contributed by atoms with Crippen molar-refractivity contribution in [2.45, 2.75) is 26.0 Å². The Labute approximate surface area is 165 Å². The summed E-state index contributed by atoms with van der Waals surface area (Å²) in [6, 6.07) is 19.1. The van der Waals surface area contributed by atoms with Crippen molar-refractivity contribution in [3.63, 3.8) is 0 Å². The average Bonchev–Trinajstić information content (AvgIpc) is 2.74. The predicted octanol–water partition coefficient (Wildman–Crippen LogP) is 4.09. The summed E-state index contributed by atoms with van der Waals surface area (Å²) >= 11 is 0. The van der Waals surface area contributed by atoms with Gasteiger partial charge in [-0.05, 0) is 48.4 Å². The van der Waals surface area contributed by atoms with Crippen LogP contribution in [-0.4, -0.2) is 18.0 Å². The zero-order chi connectivity index (χ0) is 19.8. The lowest BCUT2D eigenvalue weighted by Crippen LogP contribution is -2.28. The van der Waals surface area contributed by atoms with Crippen LogP contribution in [0.5, 0.6) is 11.5 Å². The van der Waals surface area contributed by atoms with E-state index in [9.17, 15) is 4.79 Å². The lowest BCUT2D eigenvalue weighted by Gasteiger charge is -2.15. The smallest absolute Gasteiger partial charge is 0.224 e. The Balaban J connectivity index is 1.50. The number of nitrogens with one attached hydrogen (secondary N) is 1. The highest BCUT2D eigenvalue weighted by Gasteiger charge is 2.10. The first-order chi connectivity index (χ1) is 13.6. The second-order valence-corrected chi connectivity index (χ2v) is 6.53. The number of pyridine rings is 1. The number of nitrogens with zero attached hydrogens (tertiary/aromatic N) is 1. The number of carbonyl (C=O) groups is 1. The summed E-state index contributed by atoms with van der Waals surface area (Å²) in [7, 11) is 1.62. The zero-order valence-corrected chi connectivity index (χ0v) is 16.1. The molecule has 144 valence electrons. The molecule has 0 aliphatic rings. The maximum absolute atomic E-state index is 12.3. The van der Waals surface area contributed by atoms with Crippen LogP contribution in [0, 0.1) is 0 Å². The van der Waals surface area contributed by atoms with Crippen LogP contribution in [-0.2, 0) is 17.8 Å². The Bertz CT molecular complexity index is 878. The van der Waals surface area contributed by atoms with E-state index in [4.69, 9.17) is 9.47 Å². The van der Waals surface area contributed by atoms with E-state index in [2.05, 4.69) is 10.3 Å². The summed E-state index contributed by atoms with van der Waals surface area (Å²) in [6.45, 7) is 2.44. The molecule has 0 spiro atoms. The van der Waals surface area contributed by atoms with Gasteiger partial charge in [-0.1, -0.05) is 30.3 Å². The minimum absolute atomic E-state index is 0.0189. The van der Waals surface area contributed by atoms with Crippen LogP contribution < -0.4 is 14.8 Å². The van der Waals surface area contributed by atoms with Crippen molar-refractivity contribution < 1.29 is 14.3 Å². The number of amides is 1. The van der Waals surface area contributed by atoms with Crippen LogP contribution >= 0.6 is 0 Å². The molecule has 0 saturated carbocycles. The topological polar surface area (TPSA) is 60.5 Å². The Hall–Kier alpha value is -3.34. The zero-order valence-electron chi connectivity index (χ0n) is 16.1. The molecule has 0 saturated heterocycles. The maximum Gasteiger partial charge on any atom is 0.224 e. The Morgan fingerprint density at radius 2 is 1.71 bits per heavy atom. The molecular formula is C23H24N2O3. The van der Waals surface area contributed by atoms with Gasteiger partial charge in [0.15, 0.2) is 0 Å². The lowest BCUT2D eigenvalue weighted by molar-refractivity contribution is -0.121. The van der Waals surface area contributed by atoms with Gasteiger partial charge in [-0.15, -0.1) is 0 Å². The summed E-state index contributed by atoms with van der Waals surface area (Å²) in [4.78, 5) is 16.4. The van der Waals surface area contributed by atoms with Crippen molar-refractivity contribution in [2.24, 2.45) is 0 Å². The van der Waals surface area contributed by atoms with E-state index in [1.54, 1.807) is 19.5 Å². The van der Waals surface area contributed by atoms with Crippen molar-refractivity contribution >= 4 is 5.91 Å². The standard InChI is InChI=1S/C23H24N2O3/c1-17(25-23(26)14-18-5-9-21(27-2)10-6-18)20-7-11-22(12-8-20)28-16-19-4-3-13-24-15-19/h3-13,15,17H,14,16H2,1-2H3,(H,25,26). The number of aromatic nitrogens is 1. The molecule has 3 rings (SSSR count). The molecule has 0 bridgehead atoms. The van der Waals surface area contributed by atoms with E-state index in [1.165, 1.54) is 0 Å². The van der Waals surface area contributed by atoms with Crippen molar-refractivity contribution in [1.29, 1.82) is 0 Å². The molecule has 0 fully saturated rings. The largest absolute Gasteiger partial charge is 0.497 e. The van der Waals surface area contributed by atoms with Gasteiger partial charge in [0.1, 0.15) is 18.1 Å². The van der Waals surface area contributed by atoms with Crippen LogP contribution in [0.15, 0.2) is 73.1 Å². The second kappa shape index (κ2) is 9.55. The van der Waals surface area contributed by atoms with Gasteiger partial charge < -0.3 is 14.8 Å². The number of ether oxygens (including phenoxy) is 2. The Kier molecular flexibility index (Phi) is 6.63. The molecule has 0 aliphatic heterocycles. The van der Waals surface area contributed by atoms with Crippen LogP contribution in [0.2, 0.25) is 0 Å². The molecule has 5 heteroatoms. The van der Waals surface area contributed by atoms with E-state index in [1.807, 2.05) is 67.6 Å². The van der Waals surface area contributed by atoms with Gasteiger partial charge in [-0.25, -0.2) is 0 Å². The highest BCUT2D eigenvalue weighted by Crippen LogP contribution is 2.19. The number of hydrogen-bond acceptors (Lipinski definition) is 4. The minimum Gasteiger partial charge on any atom is -0.497 e. The number of carbonyl (C=O) groups excluding carboxylic acids is 1. The van der Waals surface area contributed by atoms with Crippen molar-refractivity contribution in [1.82, 2.24) is 10.3 Å². The predicted molar refractivity (Wildman–Crippen MR) is 108 cm³/mol. The first-order valence-electron chi connectivity index (χ1n) is 9.18. The van der Waals surface area contributed by atoms with Crippen molar-refractivity contribution in [3.8, 4) is 11.5 Å². The Morgan fingerprint density at radius 3 is 2.36 bits per heavy atom. The van der Waals surface area contributed by atoms with E-state index in [0.29, 0.717) is 13.0 Å². The number of methoxy groups -OCH3 is 1. The maximum atomic E-state index is 12.3. The number of benzene rings is 2. The second-order valence-electron chi connectivity index (χ2n) is 6.53. The first kappa shape index (κ1) is 19.4. The lowest BCUT2D eigenvalue weighted by atomic mass is 10.1. The van der Waals surface area contributed by atoms with E-state index >= 15 is 0 Å². The third-order valence-electron chi connectivity index (χ3n) is 4.41. The third-order valence-corrected chi connectivity index (χ3v) is 4.41. The fraction of sp³-hybridized carbons (Fsp3) is 0.217. The number of rotatable bonds is 8. The summed E-state index contributed by atoms with van der Waals surface area (Å²) in [5.41, 5.74) is 2.99. The summed E-state index contributed by atoms with van der Waals surface area (Å²) in [5.74, 6) is 1.54. The van der Waals surface area contributed by atoms with Gasteiger partial charge in [0.2, 0.25) is 5.91 Å². The van der Waals surface area contributed by atoms with Gasteiger partial charge in [-0.2, -0.15) is 0 Å². The van der Waals surface area contributed by atoms with E-state index in [-0.39, 0.29) is 11.9 Å². The molecule has 1 atom stereocenters. The van der Waals surface area contributed by atoms with Gasteiger partial charge in [-0.3, -0.25) is 9.78 Å². The Morgan fingerprint density at radius 1 is 1.00 bits per heavy atom. The molecule has 1 aromatic heterocycles. The van der Waals surface area contributed by atoms with Crippen LogP contribution in [0.3, 0.4) is 0 Å². The van der Waals surface area contributed by atoms with E-state index < -0.39 is 0 Å². The fourth-order valence-corrected chi connectivity index (χ4v) is 2.81. The highest BCUT2D eigenvalue weighted by atomic mass is 16.5. The molecular weight excluding hydrogens is 352 g/mol. The van der Waals surface area contributed by atoms with E-state index in [0.717, 1.165) is 28.2 Å². The molecule has 1 unspecified atom stereocenters. The molecule has 0 aliphatic carbocycles. The molecule has 1 heterocycles. The van der Waals surface area contributed by atoms with Crippen LogP contribution in [0.25, 0.3) is 0 Å². The molecule has 0 radical (unpaired) electrons. The molecule has 28 heavy (non-hydrogen) atoms. The summed E-state index contributed by atoms with van der Waals surface area (Å²) < 4.78 is 10.9. The summed E-state index contributed by atoms with van der Waals surface area (Å²) in [5, 5.41) is 3.03. The SMILES string of the molecule is COc1ccc(CC(=O)NC(C)c2ccc(OCc3cccnc3)cc2)cc1. The monoisotopic (exact) mass is 376 g/mol. The van der Waals surface area contributed by atoms with Crippen LogP contribution in [0.1, 0.15) is 29.7 Å². The molecule has 1 N–H and O–H groups in total. The third kappa shape index (κ3) is 5.58. The molecule has 2 aromatic carbocycles. The molecule has 3 aromatic rings. The van der Waals surface area contributed by atoms with Crippen LogP contribution in [0.4, 0.5) is 0 Å². The van der Waals surface area contributed by atoms with Gasteiger partial charge in [0.05, 0.1) is 19.6 Å². The fourth-order valence-electron chi connectivity index (χ4n) is 2.81. The average molecular weight is 376 g/mol. The van der Waals surface area contributed by atoms with Gasteiger partial charge in [0.25, 0.3) is 0 Å². The highest BCUT2D eigenvalue weighted by molar-refractivity contribution is 5.79. The summed E-state index contributed by atoms with van der Waals surface area (Å²) in [6.07, 6.45) is 3.86. The van der Waals surface area contributed by atoms with Crippen molar-refractivity contribution in [2.75, 3.05) is 7.11 Å². The molecule has 1 amide bonds. The number of hydrogen-bond donors (Lipinski definition) is 1. The van der Waals surface area contributed by atoms with Gasteiger partial charge in [0, 0.05) is 18.0 Å². The molecule has 5 nitrogen and oxygen atoms in total. The minimum atomic E-state index is -0.0851. The quantitative estimate of drug-likeness (QED) is 0.643. The normalized spacial score (nSPS) is 11.5.